The number of halogens is 4. The van der Waals surface area contributed by atoms with Gasteiger partial charge in [0.05, 0.1) is 33.0 Å². The van der Waals surface area contributed by atoms with Crippen LogP contribution in [0.4, 0.5) is 29.3 Å². The number of imidazole rings is 1. The first kappa shape index (κ1) is 37.7. The monoisotopic (exact) mass is 772 g/mol. The number of aromatic nitrogens is 5. The van der Waals surface area contributed by atoms with Crippen LogP contribution >= 0.6 is 11.6 Å². The minimum atomic E-state index is -4.92. The van der Waals surface area contributed by atoms with Crippen LogP contribution in [-0.2, 0) is 18.0 Å². The average Bonchev–Trinajstić information content (AvgIpc) is 3.75. The minimum absolute atomic E-state index is 0.0272. The SMILES string of the molecule is Cc1cc([N+](=O)[O-])cnc1-n1cc(-c2cnc(C(=O)Nc3ccc(C(=O)N4CCN(C(=O)C5CCN(C(=O)O)CC5)CC4)c(Cl)c3)n2C)c(C(F)(F)F)n1. The molecular formula is C33H32ClF3N10O7. The fourth-order valence-electron chi connectivity index (χ4n) is 6.47. The Morgan fingerprint density at radius 1 is 0.981 bits per heavy atom. The van der Waals surface area contributed by atoms with Gasteiger partial charge in [-0.2, -0.15) is 18.3 Å². The number of rotatable bonds is 7. The van der Waals surface area contributed by atoms with Crippen molar-refractivity contribution in [2.75, 3.05) is 44.6 Å². The van der Waals surface area contributed by atoms with Crippen LogP contribution in [0, 0.1) is 23.0 Å². The number of hydrogen-bond donors (Lipinski definition) is 2. The van der Waals surface area contributed by atoms with Crippen molar-refractivity contribution in [2.24, 2.45) is 13.0 Å². The molecule has 2 N–H and O–H groups in total. The number of carbonyl (C=O) groups excluding carboxylic acids is 3. The van der Waals surface area contributed by atoms with Gasteiger partial charge in [-0.3, -0.25) is 24.5 Å². The quantitative estimate of drug-likeness (QED) is 0.199. The lowest BCUT2D eigenvalue weighted by Gasteiger charge is -2.38. The Balaban J connectivity index is 1.12. The molecule has 21 heteroatoms. The van der Waals surface area contributed by atoms with Crippen molar-refractivity contribution < 1.29 is 42.4 Å². The van der Waals surface area contributed by atoms with E-state index < -0.39 is 34.4 Å². The first-order chi connectivity index (χ1) is 25.5. The molecule has 2 fully saturated rings. The minimum Gasteiger partial charge on any atom is -0.465 e. The number of hydrogen-bond acceptors (Lipinski definition) is 9. The third-order valence-corrected chi connectivity index (χ3v) is 9.68. The summed E-state index contributed by atoms with van der Waals surface area (Å²) >= 11 is 6.47. The van der Waals surface area contributed by atoms with E-state index in [1.807, 2.05) is 0 Å². The van der Waals surface area contributed by atoms with Crippen LogP contribution in [0.5, 0.6) is 0 Å². The Morgan fingerprint density at radius 3 is 2.24 bits per heavy atom. The zero-order chi connectivity index (χ0) is 39.1. The molecular weight excluding hydrogens is 741 g/mol. The molecule has 0 saturated carbocycles. The molecule has 4 amide bonds. The Bertz CT molecular complexity index is 2160. The van der Waals surface area contributed by atoms with Gasteiger partial charge in [0.15, 0.2) is 17.3 Å². The predicted molar refractivity (Wildman–Crippen MR) is 184 cm³/mol. The highest BCUT2D eigenvalue weighted by Crippen LogP contribution is 2.37. The molecule has 2 aliphatic heterocycles. The smallest absolute Gasteiger partial charge is 0.435 e. The summed E-state index contributed by atoms with van der Waals surface area (Å²) < 4.78 is 44.4. The molecule has 2 saturated heterocycles. The van der Waals surface area contributed by atoms with Crippen molar-refractivity contribution in [3.8, 4) is 17.1 Å². The highest BCUT2D eigenvalue weighted by atomic mass is 35.5. The summed E-state index contributed by atoms with van der Waals surface area (Å²) in [6, 6.07) is 5.37. The largest absolute Gasteiger partial charge is 0.465 e. The standard InChI is InChI=1S/C33H32ClF3N10O7/c1-18-13-21(47(53)54)15-38-27(18)46-17-23(26(41-46)33(35,36)37)25-16-39-28(42(25)2)29(48)40-20-3-4-22(24(34)14-20)31(50)44-11-9-43(10-12-44)30(49)19-5-7-45(8-6-19)32(51)52/h3-4,13-17,19H,5-12H2,1-2H3,(H,40,48)(H,51,52). The van der Waals surface area contributed by atoms with Gasteiger partial charge < -0.3 is 29.7 Å². The summed E-state index contributed by atoms with van der Waals surface area (Å²) in [6.45, 7) is 3.15. The highest BCUT2D eigenvalue weighted by Gasteiger charge is 2.39. The summed E-state index contributed by atoms with van der Waals surface area (Å²) in [7, 11) is 1.34. The summed E-state index contributed by atoms with van der Waals surface area (Å²) in [5.74, 6) is -1.83. The van der Waals surface area contributed by atoms with Gasteiger partial charge >= 0.3 is 12.3 Å². The van der Waals surface area contributed by atoms with Crippen LogP contribution in [0.1, 0.15) is 45.1 Å². The number of amides is 4. The number of benzene rings is 1. The van der Waals surface area contributed by atoms with Crippen molar-refractivity contribution in [2.45, 2.75) is 25.9 Å². The normalized spacial score (nSPS) is 15.3. The van der Waals surface area contributed by atoms with Gasteiger partial charge in [0.2, 0.25) is 5.91 Å². The maximum absolute atomic E-state index is 14.1. The van der Waals surface area contributed by atoms with Crippen LogP contribution in [-0.4, -0.2) is 112 Å². The second-order valence-corrected chi connectivity index (χ2v) is 13.2. The number of carboxylic acid groups (broad SMARTS) is 1. The maximum Gasteiger partial charge on any atom is 0.435 e. The van der Waals surface area contributed by atoms with Crippen molar-refractivity contribution in [3.63, 3.8) is 0 Å². The van der Waals surface area contributed by atoms with E-state index in [0.717, 1.165) is 33.9 Å². The summed E-state index contributed by atoms with van der Waals surface area (Å²) in [4.78, 5) is 73.7. The molecule has 5 heterocycles. The topological polar surface area (TPSA) is 202 Å². The lowest BCUT2D eigenvalue weighted by Crippen LogP contribution is -2.53. The number of piperazine rings is 1. The Morgan fingerprint density at radius 2 is 1.65 bits per heavy atom. The number of nitrogens with zero attached hydrogens (tertiary/aromatic N) is 9. The molecule has 0 atom stereocenters. The number of likely N-dealkylation sites (tertiary alicyclic amines) is 1. The number of alkyl halides is 3. The van der Waals surface area contributed by atoms with E-state index in [1.165, 1.54) is 37.1 Å². The predicted octanol–water partition coefficient (Wildman–Crippen LogP) is 4.48. The first-order valence-corrected chi connectivity index (χ1v) is 16.9. The van der Waals surface area contributed by atoms with E-state index in [0.29, 0.717) is 39.0 Å². The summed E-state index contributed by atoms with van der Waals surface area (Å²) in [5.41, 5.74) is -1.64. The van der Waals surface area contributed by atoms with Gasteiger partial charge in [-0.25, -0.2) is 19.4 Å². The fourth-order valence-corrected chi connectivity index (χ4v) is 6.73. The van der Waals surface area contributed by atoms with Gasteiger partial charge in [0.25, 0.3) is 17.5 Å². The Labute approximate surface area is 309 Å². The zero-order valence-electron chi connectivity index (χ0n) is 28.7. The van der Waals surface area contributed by atoms with Crippen LogP contribution in [0.2, 0.25) is 5.02 Å². The number of carbonyl (C=O) groups is 4. The number of anilines is 1. The molecule has 6 rings (SSSR count). The van der Waals surface area contributed by atoms with Crippen molar-refractivity contribution in [3.05, 3.63) is 80.6 Å². The number of piperidine rings is 1. The second kappa shape index (κ2) is 14.8. The average molecular weight is 773 g/mol. The maximum atomic E-state index is 14.1. The molecule has 284 valence electrons. The molecule has 3 aromatic heterocycles. The third kappa shape index (κ3) is 7.54. The van der Waals surface area contributed by atoms with E-state index in [1.54, 1.807) is 9.80 Å². The number of nitrogens with one attached hydrogen (secondary N) is 1. The van der Waals surface area contributed by atoms with Crippen LogP contribution in [0.15, 0.2) is 42.9 Å². The van der Waals surface area contributed by atoms with Crippen LogP contribution in [0.3, 0.4) is 0 Å². The molecule has 4 aromatic rings. The molecule has 1 aromatic carbocycles. The zero-order valence-corrected chi connectivity index (χ0v) is 29.5. The van der Waals surface area contributed by atoms with Crippen molar-refractivity contribution in [1.82, 2.24) is 39.0 Å². The number of aryl methyl sites for hydroxylation is 1. The molecule has 0 aliphatic carbocycles. The molecule has 0 bridgehead atoms. The van der Waals surface area contributed by atoms with Gasteiger partial charge in [-0.05, 0) is 38.0 Å². The fraction of sp³-hybridized carbons (Fsp3) is 0.364. The van der Waals surface area contributed by atoms with Crippen LogP contribution < -0.4 is 5.32 Å². The Kier molecular flexibility index (Phi) is 10.3. The van der Waals surface area contributed by atoms with Crippen molar-refractivity contribution >= 4 is 46.8 Å². The van der Waals surface area contributed by atoms with E-state index in [2.05, 4.69) is 20.4 Å². The number of nitro groups is 1. The van der Waals surface area contributed by atoms with Gasteiger partial charge in [0, 0.05) is 75.7 Å². The van der Waals surface area contributed by atoms with Gasteiger partial charge in [0.1, 0.15) is 6.20 Å². The van der Waals surface area contributed by atoms with Crippen LogP contribution in [0.25, 0.3) is 17.1 Å². The molecule has 17 nitrogen and oxygen atoms in total. The highest BCUT2D eigenvalue weighted by molar-refractivity contribution is 6.34. The van der Waals surface area contributed by atoms with E-state index in [9.17, 15) is 42.5 Å². The van der Waals surface area contributed by atoms with Crippen molar-refractivity contribution in [1.29, 1.82) is 0 Å². The Hall–Kier alpha value is -6.05. The first-order valence-electron chi connectivity index (χ1n) is 16.5. The number of pyridine rings is 1. The van der Waals surface area contributed by atoms with Gasteiger partial charge in [-0.1, -0.05) is 11.6 Å². The van der Waals surface area contributed by atoms with E-state index in [-0.39, 0.29) is 75.7 Å². The molecule has 0 unspecified atom stereocenters. The summed E-state index contributed by atoms with van der Waals surface area (Å²) in [5, 5.41) is 26.5. The molecule has 0 spiro atoms. The summed E-state index contributed by atoms with van der Waals surface area (Å²) in [6.07, 6.45) is -2.02. The third-order valence-electron chi connectivity index (χ3n) is 9.36. The van der Waals surface area contributed by atoms with E-state index >= 15 is 0 Å². The lowest BCUT2D eigenvalue weighted by atomic mass is 9.95. The second-order valence-electron chi connectivity index (χ2n) is 12.8. The molecule has 2 aliphatic rings. The van der Waals surface area contributed by atoms with E-state index in [4.69, 9.17) is 16.7 Å². The van der Waals surface area contributed by atoms with Gasteiger partial charge in [-0.15, -0.1) is 0 Å². The molecule has 0 radical (unpaired) electrons. The molecule has 54 heavy (non-hydrogen) atoms. The lowest BCUT2D eigenvalue weighted by molar-refractivity contribution is -0.385.